The van der Waals surface area contributed by atoms with Crippen molar-refractivity contribution in [2.24, 2.45) is 11.7 Å². The van der Waals surface area contributed by atoms with Crippen LogP contribution in [0.3, 0.4) is 0 Å². The number of rotatable bonds is 4. The quantitative estimate of drug-likeness (QED) is 0.858. The summed E-state index contributed by atoms with van der Waals surface area (Å²) < 4.78 is 0. The SMILES string of the molecule is CNC(c1ccc(Cl)cc1Cl)C(C)CN. The molecule has 0 saturated carbocycles. The summed E-state index contributed by atoms with van der Waals surface area (Å²) in [5, 5.41) is 4.56. The molecule has 0 heterocycles. The lowest BCUT2D eigenvalue weighted by molar-refractivity contribution is 0.420. The topological polar surface area (TPSA) is 38.0 Å². The van der Waals surface area contributed by atoms with Gasteiger partial charge in [-0.15, -0.1) is 0 Å². The van der Waals surface area contributed by atoms with Gasteiger partial charge in [0.2, 0.25) is 0 Å². The normalized spacial score (nSPS) is 15.0. The molecule has 0 aromatic heterocycles. The molecular weight excluding hydrogens is 231 g/mol. The van der Waals surface area contributed by atoms with Crippen LogP contribution in [0, 0.1) is 5.92 Å². The molecule has 2 nitrogen and oxygen atoms in total. The van der Waals surface area contributed by atoms with Crippen LogP contribution in [0.5, 0.6) is 0 Å². The molecule has 0 aliphatic heterocycles. The molecule has 0 aliphatic rings. The Balaban J connectivity index is 3.01. The van der Waals surface area contributed by atoms with Crippen molar-refractivity contribution in [3.63, 3.8) is 0 Å². The fraction of sp³-hybridized carbons (Fsp3) is 0.455. The molecule has 0 aliphatic carbocycles. The summed E-state index contributed by atoms with van der Waals surface area (Å²) in [5.41, 5.74) is 6.70. The zero-order chi connectivity index (χ0) is 11.4. The average molecular weight is 247 g/mol. The van der Waals surface area contributed by atoms with E-state index < -0.39 is 0 Å². The second kappa shape index (κ2) is 5.71. The van der Waals surface area contributed by atoms with Gasteiger partial charge in [0, 0.05) is 16.1 Å². The molecule has 0 spiro atoms. The van der Waals surface area contributed by atoms with E-state index in [1.54, 1.807) is 6.07 Å². The van der Waals surface area contributed by atoms with Crippen LogP contribution in [0.25, 0.3) is 0 Å². The molecule has 0 bridgehead atoms. The molecule has 2 atom stereocenters. The minimum Gasteiger partial charge on any atom is -0.330 e. The summed E-state index contributed by atoms with van der Waals surface area (Å²) in [7, 11) is 1.90. The van der Waals surface area contributed by atoms with E-state index in [0.29, 0.717) is 22.5 Å². The summed E-state index contributed by atoms with van der Waals surface area (Å²) in [6.45, 7) is 2.70. The highest BCUT2D eigenvalue weighted by Gasteiger charge is 2.18. The fourth-order valence-corrected chi connectivity index (χ4v) is 2.16. The van der Waals surface area contributed by atoms with E-state index in [-0.39, 0.29) is 6.04 Å². The lowest BCUT2D eigenvalue weighted by atomic mass is 9.95. The second-order valence-corrected chi connectivity index (χ2v) is 4.49. The first-order valence-corrected chi connectivity index (χ1v) is 5.68. The third-order valence-electron chi connectivity index (χ3n) is 2.55. The summed E-state index contributed by atoms with van der Waals surface area (Å²) in [6.07, 6.45) is 0. The Morgan fingerprint density at radius 2 is 2.07 bits per heavy atom. The molecule has 2 unspecified atom stereocenters. The third-order valence-corrected chi connectivity index (χ3v) is 3.11. The second-order valence-electron chi connectivity index (χ2n) is 3.65. The van der Waals surface area contributed by atoms with Crippen molar-refractivity contribution in [2.75, 3.05) is 13.6 Å². The molecule has 84 valence electrons. The van der Waals surface area contributed by atoms with Gasteiger partial charge >= 0.3 is 0 Å². The maximum absolute atomic E-state index is 6.14. The van der Waals surface area contributed by atoms with Crippen molar-refractivity contribution >= 4 is 23.2 Å². The Morgan fingerprint density at radius 1 is 1.40 bits per heavy atom. The van der Waals surface area contributed by atoms with Crippen LogP contribution in [-0.2, 0) is 0 Å². The van der Waals surface area contributed by atoms with E-state index in [1.807, 2.05) is 19.2 Å². The van der Waals surface area contributed by atoms with Crippen molar-refractivity contribution in [1.82, 2.24) is 5.32 Å². The van der Waals surface area contributed by atoms with Gasteiger partial charge in [-0.1, -0.05) is 36.2 Å². The van der Waals surface area contributed by atoms with Crippen LogP contribution in [-0.4, -0.2) is 13.6 Å². The smallest absolute Gasteiger partial charge is 0.0468 e. The molecule has 1 rings (SSSR count). The first kappa shape index (κ1) is 12.8. The lowest BCUT2D eigenvalue weighted by Crippen LogP contribution is -2.28. The van der Waals surface area contributed by atoms with Gasteiger partial charge in [-0.3, -0.25) is 0 Å². The largest absolute Gasteiger partial charge is 0.330 e. The fourth-order valence-electron chi connectivity index (χ4n) is 1.64. The molecule has 0 fully saturated rings. The lowest BCUT2D eigenvalue weighted by Gasteiger charge is -2.23. The predicted molar refractivity (Wildman–Crippen MR) is 66.5 cm³/mol. The van der Waals surface area contributed by atoms with Gasteiger partial charge in [0.1, 0.15) is 0 Å². The van der Waals surface area contributed by atoms with Crippen LogP contribution in [0.2, 0.25) is 10.0 Å². The zero-order valence-corrected chi connectivity index (χ0v) is 10.4. The van der Waals surface area contributed by atoms with E-state index in [2.05, 4.69) is 12.2 Å². The molecule has 0 amide bonds. The van der Waals surface area contributed by atoms with Crippen LogP contribution in [0.1, 0.15) is 18.5 Å². The summed E-state index contributed by atoms with van der Waals surface area (Å²) in [4.78, 5) is 0. The molecule has 1 aromatic carbocycles. The highest BCUT2D eigenvalue weighted by atomic mass is 35.5. The van der Waals surface area contributed by atoms with E-state index >= 15 is 0 Å². The molecule has 1 aromatic rings. The summed E-state index contributed by atoms with van der Waals surface area (Å²) in [5.74, 6) is 0.327. The maximum atomic E-state index is 6.14. The summed E-state index contributed by atoms with van der Waals surface area (Å²) >= 11 is 12.0. The number of hydrogen-bond donors (Lipinski definition) is 2. The maximum Gasteiger partial charge on any atom is 0.0468 e. The molecular formula is C11H16Cl2N2. The van der Waals surface area contributed by atoms with Crippen molar-refractivity contribution < 1.29 is 0 Å². The first-order chi connectivity index (χ1) is 7.10. The monoisotopic (exact) mass is 246 g/mol. The van der Waals surface area contributed by atoms with Crippen molar-refractivity contribution in [3.05, 3.63) is 33.8 Å². The number of benzene rings is 1. The van der Waals surface area contributed by atoms with E-state index in [4.69, 9.17) is 28.9 Å². The minimum atomic E-state index is 0.166. The van der Waals surface area contributed by atoms with Crippen molar-refractivity contribution in [1.29, 1.82) is 0 Å². The van der Waals surface area contributed by atoms with Gasteiger partial charge in [0.05, 0.1) is 0 Å². The van der Waals surface area contributed by atoms with Crippen LogP contribution >= 0.6 is 23.2 Å². The van der Waals surface area contributed by atoms with Crippen LogP contribution in [0.15, 0.2) is 18.2 Å². The molecule has 3 N–H and O–H groups in total. The van der Waals surface area contributed by atoms with Crippen molar-refractivity contribution in [2.45, 2.75) is 13.0 Å². The number of nitrogens with two attached hydrogens (primary N) is 1. The molecule has 4 heteroatoms. The summed E-state index contributed by atoms with van der Waals surface area (Å²) in [6, 6.07) is 5.71. The number of halogens is 2. The third kappa shape index (κ3) is 3.08. The van der Waals surface area contributed by atoms with Crippen LogP contribution in [0.4, 0.5) is 0 Å². The van der Waals surface area contributed by atoms with Gasteiger partial charge in [-0.25, -0.2) is 0 Å². The van der Waals surface area contributed by atoms with Crippen LogP contribution < -0.4 is 11.1 Å². The first-order valence-electron chi connectivity index (χ1n) is 4.92. The molecule has 0 radical (unpaired) electrons. The Labute approximate surface area is 101 Å². The Kier molecular flexibility index (Phi) is 4.87. The van der Waals surface area contributed by atoms with Gasteiger partial charge in [-0.2, -0.15) is 0 Å². The predicted octanol–water partition coefficient (Wildman–Crippen LogP) is 2.85. The van der Waals surface area contributed by atoms with Gasteiger partial charge in [0.25, 0.3) is 0 Å². The van der Waals surface area contributed by atoms with Gasteiger partial charge in [0.15, 0.2) is 0 Å². The van der Waals surface area contributed by atoms with E-state index in [9.17, 15) is 0 Å². The highest BCUT2D eigenvalue weighted by molar-refractivity contribution is 6.35. The van der Waals surface area contributed by atoms with Crippen molar-refractivity contribution in [3.8, 4) is 0 Å². The van der Waals surface area contributed by atoms with Gasteiger partial charge in [-0.05, 0) is 37.2 Å². The molecule has 0 saturated heterocycles. The Morgan fingerprint density at radius 3 is 2.53 bits per heavy atom. The number of hydrogen-bond acceptors (Lipinski definition) is 2. The van der Waals surface area contributed by atoms with Gasteiger partial charge < -0.3 is 11.1 Å². The standard InChI is InChI=1S/C11H16Cl2N2/c1-7(6-14)11(15-2)9-4-3-8(12)5-10(9)13/h3-5,7,11,15H,6,14H2,1-2H3. The highest BCUT2D eigenvalue weighted by Crippen LogP contribution is 2.29. The molecule has 15 heavy (non-hydrogen) atoms. The Bertz CT molecular complexity index is 328. The number of nitrogens with one attached hydrogen (secondary N) is 1. The zero-order valence-electron chi connectivity index (χ0n) is 8.93. The van der Waals surface area contributed by atoms with E-state index in [0.717, 1.165) is 5.56 Å². The minimum absolute atomic E-state index is 0.166. The Hall–Kier alpha value is -0.280. The van der Waals surface area contributed by atoms with E-state index in [1.165, 1.54) is 0 Å². The average Bonchev–Trinajstić information content (AvgIpc) is 2.21.